The topological polar surface area (TPSA) is 65.7 Å². The van der Waals surface area contributed by atoms with Gasteiger partial charge < -0.3 is 13.9 Å². The zero-order chi connectivity index (χ0) is 19.6. The van der Waals surface area contributed by atoms with Crippen molar-refractivity contribution in [3.05, 3.63) is 74.6 Å². The lowest BCUT2D eigenvalue weighted by Gasteiger charge is -2.15. The molecule has 0 aliphatic rings. The number of fused-ring (bicyclic) bond motifs is 1. The number of esters is 1. The number of ether oxygens (including phenoxy) is 2. The summed E-state index contributed by atoms with van der Waals surface area (Å²) in [5.74, 6) is 0.0589. The number of carbonyl (C=O) groups is 1. The molecule has 140 valence electrons. The molecule has 0 spiro atoms. The summed E-state index contributed by atoms with van der Waals surface area (Å²) in [6.07, 6.45) is -0.788. The first-order valence-electron chi connectivity index (χ1n) is 8.46. The number of hydrogen-bond donors (Lipinski definition) is 0. The Bertz CT molecular complexity index is 1050. The van der Waals surface area contributed by atoms with E-state index in [2.05, 4.69) is 0 Å². The number of rotatable bonds is 5. The largest absolute Gasteiger partial charge is 0.479 e. The zero-order valence-electron chi connectivity index (χ0n) is 15.2. The first kappa shape index (κ1) is 19.0. The van der Waals surface area contributed by atoms with E-state index in [1.165, 1.54) is 6.07 Å². The molecule has 27 heavy (non-hydrogen) atoms. The minimum atomic E-state index is -0.788. The summed E-state index contributed by atoms with van der Waals surface area (Å²) in [7, 11) is 0. The minimum absolute atomic E-state index is 0.0815. The van der Waals surface area contributed by atoms with Crippen LogP contribution < -0.4 is 10.4 Å². The highest BCUT2D eigenvalue weighted by Gasteiger charge is 2.18. The number of halogens is 1. The highest BCUT2D eigenvalue weighted by Crippen LogP contribution is 2.25. The molecule has 0 fully saturated rings. The molecule has 0 aliphatic heterocycles. The van der Waals surface area contributed by atoms with Crippen LogP contribution in [0.3, 0.4) is 0 Å². The number of benzene rings is 2. The van der Waals surface area contributed by atoms with Crippen LogP contribution in [0.15, 0.2) is 51.7 Å². The summed E-state index contributed by atoms with van der Waals surface area (Å²) >= 11 is 6.17. The average Bonchev–Trinajstić information content (AvgIpc) is 2.61. The van der Waals surface area contributed by atoms with Crippen molar-refractivity contribution in [2.75, 3.05) is 0 Å². The summed E-state index contributed by atoms with van der Waals surface area (Å²) in [4.78, 5) is 24.1. The molecule has 0 bridgehead atoms. The van der Waals surface area contributed by atoms with Crippen molar-refractivity contribution in [3.8, 4) is 5.75 Å². The molecule has 0 aliphatic carbocycles. The third-order valence-corrected chi connectivity index (χ3v) is 4.52. The van der Waals surface area contributed by atoms with Crippen molar-refractivity contribution in [2.45, 2.75) is 33.5 Å². The van der Waals surface area contributed by atoms with Crippen molar-refractivity contribution >= 4 is 28.5 Å². The summed E-state index contributed by atoms with van der Waals surface area (Å²) < 4.78 is 16.2. The van der Waals surface area contributed by atoms with Crippen LogP contribution in [0.1, 0.15) is 23.6 Å². The van der Waals surface area contributed by atoms with Crippen LogP contribution in [-0.2, 0) is 16.1 Å². The van der Waals surface area contributed by atoms with Gasteiger partial charge >= 0.3 is 11.6 Å². The maximum absolute atomic E-state index is 12.3. The Morgan fingerprint density at radius 3 is 2.70 bits per heavy atom. The van der Waals surface area contributed by atoms with E-state index in [1.807, 2.05) is 32.0 Å². The van der Waals surface area contributed by atoms with Gasteiger partial charge in [-0.25, -0.2) is 9.59 Å². The van der Waals surface area contributed by atoms with Gasteiger partial charge in [0.2, 0.25) is 0 Å². The van der Waals surface area contributed by atoms with E-state index in [-0.39, 0.29) is 6.61 Å². The van der Waals surface area contributed by atoms with E-state index in [0.29, 0.717) is 27.3 Å². The SMILES string of the molecule is Cc1cccc(O[C@H](C)C(=O)OCc2cc(=O)oc3cc(C)c(Cl)cc23)c1. The maximum atomic E-state index is 12.3. The van der Waals surface area contributed by atoms with Crippen LogP contribution in [0, 0.1) is 13.8 Å². The van der Waals surface area contributed by atoms with E-state index >= 15 is 0 Å². The van der Waals surface area contributed by atoms with Crippen molar-refractivity contribution in [3.63, 3.8) is 0 Å². The Labute approximate surface area is 161 Å². The van der Waals surface area contributed by atoms with Gasteiger partial charge in [0.25, 0.3) is 0 Å². The molecular formula is C21H19ClO5. The Kier molecular flexibility index (Phi) is 5.51. The molecule has 0 radical (unpaired) electrons. The van der Waals surface area contributed by atoms with E-state index in [1.54, 1.807) is 25.1 Å². The monoisotopic (exact) mass is 386 g/mol. The first-order valence-corrected chi connectivity index (χ1v) is 8.84. The number of aryl methyl sites for hydroxylation is 2. The summed E-state index contributed by atoms with van der Waals surface area (Å²) in [5, 5.41) is 1.17. The summed E-state index contributed by atoms with van der Waals surface area (Å²) in [6.45, 7) is 5.29. The standard InChI is InChI=1S/C21H19ClO5/c1-12-5-4-6-16(7-12)26-14(3)21(24)25-11-15-9-20(23)27-19-8-13(2)18(22)10-17(15)19/h4-10,14H,11H2,1-3H3/t14-/m1/s1. The highest BCUT2D eigenvalue weighted by atomic mass is 35.5. The molecule has 5 nitrogen and oxygen atoms in total. The van der Waals surface area contributed by atoms with Crippen LogP contribution in [0.25, 0.3) is 11.0 Å². The molecule has 6 heteroatoms. The van der Waals surface area contributed by atoms with Gasteiger partial charge in [-0.15, -0.1) is 0 Å². The van der Waals surface area contributed by atoms with Crippen molar-refractivity contribution in [1.29, 1.82) is 0 Å². The summed E-state index contributed by atoms with van der Waals surface area (Å²) in [6, 6.07) is 12.1. The van der Waals surface area contributed by atoms with Gasteiger partial charge in [-0.05, 0) is 56.2 Å². The molecule has 3 aromatic rings. The van der Waals surface area contributed by atoms with Crippen molar-refractivity contribution in [1.82, 2.24) is 0 Å². The molecule has 0 saturated carbocycles. The van der Waals surface area contributed by atoms with Crippen LogP contribution in [0.5, 0.6) is 5.75 Å². The highest BCUT2D eigenvalue weighted by molar-refractivity contribution is 6.32. The van der Waals surface area contributed by atoms with Gasteiger partial charge in [0.15, 0.2) is 6.10 Å². The Hall–Kier alpha value is -2.79. The smallest absolute Gasteiger partial charge is 0.347 e. The maximum Gasteiger partial charge on any atom is 0.347 e. The van der Waals surface area contributed by atoms with Crippen LogP contribution in [0.4, 0.5) is 0 Å². The normalized spacial score (nSPS) is 12.0. The molecular weight excluding hydrogens is 368 g/mol. The van der Waals surface area contributed by atoms with Gasteiger partial charge in [-0.1, -0.05) is 23.7 Å². The van der Waals surface area contributed by atoms with Gasteiger partial charge in [0, 0.05) is 22.0 Å². The predicted octanol–water partition coefficient (Wildman–Crippen LogP) is 4.57. The predicted molar refractivity (Wildman–Crippen MR) is 103 cm³/mol. The fourth-order valence-corrected chi connectivity index (χ4v) is 2.84. The first-order chi connectivity index (χ1) is 12.8. The molecule has 1 aromatic heterocycles. The molecule has 1 heterocycles. The third kappa shape index (κ3) is 4.49. The van der Waals surface area contributed by atoms with Gasteiger partial charge in [-0.2, -0.15) is 0 Å². The lowest BCUT2D eigenvalue weighted by Crippen LogP contribution is -2.26. The van der Waals surface area contributed by atoms with E-state index in [0.717, 1.165) is 11.1 Å². The minimum Gasteiger partial charge on any atom is -0.479 e. The molecule has 0 unspecified atom stereocenters. The Balaban J connectivity index is 1.75. The van der Waals surface area contributed by atoms with Crippen molar-refractivity contribution in [2.24, 2.45) is 0 Å². The van der Waals surface area contributed by atoms with E-state index in [9.17, 15) is 9.59 Å². The number of hydrogen-bond acceptors (Lipinski definition) is 5. The molecule has 0 N–H and O–H groups in total. The molecule has 0 saturated heterocycles. The molecule has 1 atom stereocenters. The second kappa shape index (κ2) is 7.84. The Morgan fingerprint density at radius 1 is 1.19 bits per heavy atom. The van der Waals surface area contributed by atoms with Crippen molar-refractivity contribution < 1.29 is 18.7 Å². The molecule has 2 aromatic carbocycles. The second-order valence-corrected chi connectivity index (χ2v) is 6.78. The lowest BCUT2D eigenvalue weighted by atomic mass is 10.1. The van der Waals surface area contributed by atoms with Crippen LogP contribution in [0.2, 0.25) is 5.02 Å². The average molecular weight is 387 g/mol. The van der Waals surface area contributed by atoms with Crippen LogP contribution >= 0.6 is 11.6 Å². The Morgan fingerprint density at radius 2 is 1.96 bits per heavy atom. The van der Waals surface area contributed by atoms with Gasteiger partial charge in [-0.3, -0.25) is 0 Å². The lowest BCUT2D eigenvalue weighted by molar-refractivity contribution is -0.152. The van der Waals surface area contributed by atoms with E-state index < -0.39 is 17.7 Å². The van der Waals surface area contributed by atoms with E-state index in [4.69, 9.17) is 25.5 Å². The third-order valence-electron chi connectivity index (χ3n) is 4.11. The summed E-state index contributed by atoms with van der Waals surface area (Å²) in [5.41, 5.74) is 2.24. The molecule has 3 rings (SSSR count). The second-order valence-electron chi connectivity index (χ2n) is 6.37. The van der Waals surface area contributed by atoms with Gasteiger partial charge in [0.05, 0.1) is 0 Å². The van der Waals surface area contributed by atoms with Crippen LogP contribution in [-0.4, -0.2) is 12.1 Å². The zero-order valence-corrected chi connectivity index (χ0v) is 16.0. The number of carbonyl (C=O) groups excluding carboxylic acids is 1. The quantitative estimate of drug-likeness (QED) is 0.474. The fraction of sp³-hybridized carbons (Fsp3) is 0.238. The van der Waals surface area contributed by atoms with Gasteiger partial charge in [0.1, 0.15) is 17.9 Å². The molecule has 0 amide bonds. The fourth-order valence-electron chi connectivity index (χ4n) is 2.67.